The minimum Gasteiger partial charge on any atom is -0.322 e. The molecule has 3 aromatic rings. The summed E-state index contributed by atoms with van der Waals surface area (Å²) in [5.74, 6) is -1.30. The Morgan fingerprint density at radius 1 is 1.12 bits per heavy atom. The number of aromatic nitrogens is 2. The zero-order valence-corrected chi connectivity index (χ0v) is 14.2. The third-order valence-electron chi connectivity index (χ3n) is 3.73. The standard InChI is InChI=1S/C18H14ClF2N3O/c1-10-3-6-13(9-15(10)21)22-18(25)16-11(2)23-24(17(16)19)14-7-4-12(20)5-8-14/h3-9H,1-2H3,(H,22,25). The number of rotatable bonds is 3. The second-order valence-electron chi connectivity index (χ2n) is 5.56. The van der Waals surface area contributed by atoms with Crippen molar-refractivity contribution in [3.8, 4) is 5.69 Å². The monoisotopic (exact) mass is 361 g/mol. The molecule has 0 aliphatic rings. The summed E-state index contributed by atoms with van der Waals surface area (Å²) in [7, 11) is 0. The number of carbonyl (C=O) groups is 1. The zero-order chi connectivity index (χ0) is 18.1. The fourth-order valence-corrected chi connectivity index (χ4v) is 2.73. The van der Waals surface area contributed by atoms with Gasteiger partial charge in [-0.2, -0.15) is 5.10 Å². The first-order valence-electron chi connectivity index (χ1n) is 7.45. The molecule has 7 heteroatoms. The average Bonchev–Trinajstić information content (AvgIpc) is 2.86. The van der Waals surface area contributed by atoms with Crippen LogP contribution < -0.4 is 5.32 Å². The van der Waals surface area contributed by atoms with E-state index < -0.39 is 11.7 Å². The van der Waals surface area contributed by atoms with Crippen LogP contribution in [0.2, 0.25) is 5.15 Å². The lowest BCUT2D eigenvalue weighted by molar-refractivity contribution is 0.102. The molecule has 0 saturated carbocycles. The van der Waals surface area contributed by atoms with Gasteiger partial charge in [-0.3, -0.25) is 4.79 Å². The van der Waals surface area contributed by atoms with Gasteiger partial charge in [0.15, 0.2) is 0 Å². The Kier molecular flexibility index (Phi) is 4.55. The maximum atomic E-state index is 13.6. The number of hydrogen-bond donors (Lipinski definition) is 1. The Morgan fingerprint density at radius 3 is 2.44 bits per heavy atom. The van der Waals surface area contributed by atoms with Crippen molar-refractivity contribution in [2.45, 2.75) is 13.8 Å². The number of aryl methyl sites for hydroxylation is 2. The van der Waals surface area contributed by atoms with E-state index in [9.17, 15) is 13.6 Å². The SMILES string of the molecule is Cc1ccc(NC(=O)c2c(C)nn(-c3ccc(F)cc3)c2Cl)cc1F. The van der Waals surface area contributed by atoms with E-state index >= 15 is 0 Å². The van der Waals surface area contributed by atoms with Gasteiger partial charge in [-0.05, 0) is 55.8 Å². The van der Waals surface area contributed by atoms with Crippen LogP contribution in [0, 0.1) is 25.5 Å². The molecule has 3 rings (SSSR count). The van der Waals surface area contributed by atoms with E-state index in [1.165, 1.54) is 35.0 Å². The first kappa shape index (κ1) is 17.1. The molecule has 1 aromatic heterocycles. The minimum absolute atomic E-state index is 0.0918. The van der Waals surface area contributed by atoms with Crippen LogP contribution in [-0.2, 0) is 0 Å². The molecular formula is C18H14ClF2N3O. The number of anilines is 1. The highest BCUT2D eigenvalue weighted by molar-refractivity contribution is 6.34. The summed E-state index contributed by atoms with van der Waals surface area (Å²) in [6.45, 7) is 3.27. The number of hydrogen-bond acceptors (Lipinski definition) is 2. The van der Waals surface area contributed by atoms with Gasteiger partial charge >= 0.3 is 0 Å². The zero-order valence-electron chi connectivity index (χ0n) is 13.5. The fraction of sp³-hybridized carbons (Fsp3) is 0.111. The first-order chi connectivity index (χ1) is 11.9. The highest BCUT2D eigenvalue weighted by Crippen LogP contribution is 2.25. The van der Waals surface area contributed by atoms with E-state index in [4.69, 9.17) is 11.6 Å². The van der Waals surface area contributed by atoms with E-state index in [-0.39, 0.29) is 16.5 Å². The smallest absolute Gasteiger partial charge is 0.260 e. The molecule has 0 aliphatic heterocycles. The fourth-order valence-electron chi connectivity index (χ4n) is 2.37. The van der Waals surface area contributed by atoms with Gasteiger partial charge in [-0.15, -0.1) is 0 Å². The molecule has 0 saturated heterocycles. The molecule has 1 heterocycles. The number of nitrogens with one attached hydrogen (secondary N) is 1. The molecule has 4 nitrogen and oxygen atoms in total. The highest BCUT2D eigenvalue weighted by atomic mass is 35.5. The maximum Gasteiger partial charge on any atom is 0.260 e. The van der Waals surface area contributed by atoms with Crippen LogP contribution in [0.5, 0.6) is 0 Å². The Hall–Kier alpha value is -2.73. The predicted molar refractivity (Wildman–Crippen MR) is 92.4 cm³/mol. The van der Waals surface area contributed by atoms with Gasteiger partial charge in [-0.25, -0.2) is 13.5 Å². The summed E-state index contributed by atoms with van der Waals surface area (Å²) < 4.78 is 28.0. The highest BCUT2D eigenvalue weighted by Gasteiger charge is 2.21. The van der Waals surface area contributed by atoms with Crippen molar-refractivity contribution >= 4 is 23.2 Å². The molecule has 128 valence electrons. The molecule has 0 fully saturated rings. The van der Waals surface area contributed by atoms with Gasteiger partial charge in [0.1, 0.15) is 22.4 Å². The lowest BCUT2D eigenvalue weighted by Gasteiger charge is -2.07. The molecule has 2 aromatic carbocycles. The number of amides is 1. The molecule has 1 amide bonds. The average molecular weight is 362 g/mol. The number of carbonyl (C=O) groups excluding carboxylic acids is 1. The largest absolute Gasteiger partial charge is 0.322 e. The van der Waals surface area contributed by atoms with Crippen molar-refractivity contribution in [3.63, 3.8) is 0 Å². The van der Waals surface area contributed by atoms with E-state index in [1.807, 2.05) is 0 Å². The summed E-state index contributed by atoms with van der Waals surface area (Å²) in [5.41, 5.74) is 1.90. The molecule has 0 spiro atoms. The van der Waals surface area contributed by atoms with Gasteiger partial charge < -0.3 is 5.32 Å². The van der Waals surface area contributed by atoms with E-state index in [1.54, 1.807) is 26.0 Å². The first-order valence-corrected chi connectivity index (χ1v) is 7.83. The van der Waals surface area contributed by atoms with Crippen LogP contribution in [0.1, 0.15) is 21.6 Å². The van der Waals surface area contributed by atoms with E-state index in [2.05, 4.69) is 10.4 Å². The molecule has 0 bridgehead atoms. The number of halogens is 3. The van der Waals surface area contributed by atoms with Crippen molar-refractivity contribution in [3.05, 3.63) is 76.1 Å². The van der Waals surface area contributed by atoms with Crippen molar-refractivity contribution in [1.29, 1.82) is 0 Å². The lowest BCUT2D eigenvalue weighted by Crippen LogP contribution is -2.13. The molecule has 0 aliphatic carbocycles. The van der Waals surface area contributed by atoms with Gasteiger partial charge in [0.2, 0.25) is 0 Å². The Morgan fingerprint density at radius 2 is 1.80 bits per heavy atom. The van der Waals surface area contributed by atoms with Gasteiger partial charge in [0, 0.05) is 5.69 Å². The van der Waals surface area contributed by atoms with Crippen LogP contribution in [-0.4, -0.2) is 15.7 Å². The Labute approximate surface area is 148 Å². The van der Waals surface area contributed by atoms with Crippen LogP contribution in [0.25, 0.3) is 5.69 Å². The molecule has 0 radical (unpaired) electrons. The van der Waals surface area contributed by atoms with Crippen LogP contribution in [0.3, 0.4) is 0 Å². The number of benzene rings is 2. The summed E-state index contributed by atoms with van der Waals surface area (Å²) in [6, 6.07) is 9.97. The second kappa shape index (κ2) is 6.64. The van der Waals surface area contributed by atoms with E-state index in [0.717, 1.165) is 0 Å². The Bertz CT molecular complexity index is 952. The topological polar surface area (TPSA) is 46.9 Å². The minimum atomic E-state index is -0.501. The summed E-state index contributed by atoms with van der Waals surface area (Å²) >= 11 is 6.29. The van der Waals surface area contributed by atoms with Crippen LogP contribution >= 0.6 is 11.6 Å². The van der Waals surface area contributed by atoms with E-state index in [0.29, 0.717) is 22.6 Å². The molecule has 0 unspecified atom stereocenters. The van der Waals surface area contributed by atoms with Gasteiger partial charge in [-0.1, -0.05) is 17.7 Å². The molecule has 1 N–H and O–H groups in total. The van der Waals surface area contributed by atoms with Crippen molar-refractivity contribution in [2.75, 3.05) is 5.32 Å². The summed E-state index contributed by atoms with van der Waals surface area (Å²) in [5, 5.41) is 6.93. The second-order valence-corrected chi connectivity index (χ2v) is 5.92. The van der Waals surface area contributed by atoms with Crippen molar-refractivity contribution in [1.82, 2.24) is 9.78 Å². The summed E-state index contributed by atoms with van der Waals surface area (Å²) in [4.78, 5) is 12.5. The van der Waals surface area contributed by atoms with Crippen molar-refractivity contribution in [2.24, 2.45) is 0 Å². The predicted octanol–water partition coefficient (Wildman–Crippen LogP) is 4.67. The third kappa shape index (κ3) is 3.39. The quantitative estimate of drug-likeness (QED) is 0.736. The van der Waals surface area contributed by atoms with Crippen molar-refractivity contribution < 1.29 is 13.6 Å². The normalized spacial score (nSPS) is 10.8. The van der Waals surface area contributed by atoms with Crippen LogP contribution in [0.4, 0.5) is 14.5 Å². The van der Waals surface area contributed by atoms with Gasteiger partial charge in [0.25, 0.3) is 5.91 Å². The Balaban J connectivity index is 1.93. The van der Waals surface area contributed by atoms with Crippen LogP contribution in [0.15, 0.2) is 42.5 Å². The summed E-state index contributed by atoms with van der Waals surface area (Å²) in [6.07, 6.45) is 0. The number of nitrogens with zero attached hydrogens (tertiary/aromatic N) is 2. The molecule has 0 atom stereocenters. The molecular weight excluding hydrogens is 348 g/mol. The lowest BCUT2D eigenvalue weighted by atomic mass is 10.2. The third-order valence-corrected chi connectivity index (χ3v) is 4.08. The molecule has 25 heavy (non-hydrogen) atoms. The maximum absolute atomic E-state index is 13.6. The van der Waals surface area contributed by atoms with Gasteiger partial charge in [0.05, 0.1) is 11.4 Å².